The normalized spacial score (nSPS) is 23.3. The second-order valence-electron chi connectivity index (χ2n) is 7.51. The summed E-state index contributed by atoms with van der Waals surface area (Å²) in [6.45, 7) is 4.15. The monoisotopic (exact) mass is 527 g/mol. The zero-order valence-electron chi connectivity index (χ0n) is 19.9. The number of hydrazone groups is 1. The molecule has 0 aromatic heterocycles. The molecule has 2 rings (SSSR count). The molecule has 0 radical (unpaired) electrons. The molecule has 0 unspecified atom stereocenters. The summed E-state index contributed by atoms with van der Waals surface area (Å²) in [6.07, 6.45) is -4.95. The first-order valence-electron chi connectivity index (χ1n) is 10.6. The van der Waals surface area contributed by atoms with Gasteiger partial charge < -0.3 is 29.0 Å². The van der Waals surface area contributed by atoms with E-state index in [-0.39, 0.29) is 11.7 Å². The molecule has 5 atom stereocenters. The number of esters is 4. The summed E-state index contributed by atoms with van der Waals surface area (Å²) in [5.41, 5.74) is 3.11. The number of halogens is 1. The first kappa shape index (κ1) is 28.6. The van der Waals surface area contributed by atoms with Gasteiger partial charge in [-0.15, -0.1) is 0 Å². The molecule has 0 amide bonds. The van der Waals surface area contributed by atoms with Crippen LogP contribution in [0.1, 0.15) is 33.3 Å². The molecule has 1 saturated heterocycles. The Labute approximate surface area is 211 Å². The van der Waals surface area contributed by atoms with Crippen LogP contribution in [0.4, 0.5) is 4.39 Å². The molecule has 1 aliphatic rings. The van der Waals surface area contributed by atoms with Gasteiger partial charge in [0.15, 0.2) is 29.7 Å². The van der Waals surface area contributed by atoms with E-state index in [4.69, 9.17) is 35.9 Å². The zero-order chi connectivity index (χ0) is 26.8. The number of rotatable bonds is 8. The maximum absolute atomic E-state index is 13.0. The van der Waals surface area contributed by atoms with Gasteiger partial charge in [-0.25, -0.2) is 4.39 Å². The first-order valence-corrected chi connectivity index (χ1v) is 11.0. The second kappa shape index (κ2) is 13.4. The van der Waals surface area contributed by atoms with Gasteiger partial charge in [-0.05, 0) is 29.9 Å². The molecule has 1 heterocycles. The van der Waals surface area contributed by atoms with Crippen LogP contribution in [-0.2, 0) is 42.9 Å². The lowest BCUT2D eigenvalue weighted by atomic mass is 9.97. The van der Waals surface area contributed by atoms with Gasteiger partial charge in [0.2, 0.25) is 0 Å². The Bertz CT molecular complexity index is 1000. The Morgan fingerprint density at radius 1 is 0.944 bits per heavy atom. The van der Waals surface area contributed by atoms with E-state index in [2.05, 4.69) is 15.8 Å². The molecule has 1 aromatic carbocycles. The van der Waals surface area contributed by atoms with Crippen LogP contribution < -0.4 is 10.7 Å². The van der Waals surface area contributed by atoms with Gasteiger partial charge >= 0.3 is 23.9 Å². The summed E-state index contributed by atoms with van der Waals surface area (Å²) in [7, 11) is 0. The van der Waals surface area contributed by atoms with Crippen molar-refractivity contribution in [2.75, 3.05) is 6.61 Å². The minimum absolute atomic E-state index is 0.0886. The van der Waals surface area contributed by atoms with Crippen LogP contribution in [0.5, 0.6) is 0 Å². The van der Waals surface area contributed by atoms with Crippen molar-refractivity contribution in [2.45, 2.75) is 58.3 Å². The molecule has 196 valence electrons. The van der Waals surface area contributed by atoms with E-state index in [0.717, 1.165) is 20.8 Å². The van der Waals surface area contributed by atoms with Crippen molar-refractivity contribution in [3.63, 3.8) is 0 Å². The number of thiocarbonyl (C=S) groups is 1. The van der Waals surface area contributed by atoms with Crippen LogP contribution in [0.3, 0.4) is 0 Å². The fourth-order valence-corrected chi connectivity index (χ4v) is 3.39. The smallest absolute Gasteiger partial charge is 0.303 e. The lowest BCUT2D eigenvalue weighted by Gasteiger charge is -2.44. The van der Waals surface area contributed by atoms with Crippen molar-refractivity contribution in [1.29, 1.82) is 0 Å². The third-order valence-electron chi connectivity index (χ3n) is 4.51. The summed E-state index contributed by atoms with van der Waals surface area (Å²) < 4.78 is 39.9. The highest BCUT2D eigenvalue weighted by Gasteiger charge is 2.52. The average molecular weight is 528 g/mol. The summed E-state index contributed by atoms with van der Waals surface area (Å²) in [6, 6.07) is 5.51. The molecular weight excluding hydrogens is 501 g/mol. The van der Waals surface area contributed by atoms with Crippen molar-refractivity contribution >= 4 is 47.4 Å². The van der Waals surface area contributed by atoms with Crippen LogP contribution in [0.15, 0.2) is 29.4 Å². The van der Waals surface area contributed by atoms with Crippen molar-refractivity contribution in [2.24, 2.45) is 5.10 Å². The molecule has 0 saturated carbocycles. The van der Waals surface area contributed by atoms with E-state index < -0.39 is 60.3 Å². The number of carbonyl (C=O) groups excluding carboxylic acids is 4. The lowest BCUT2D eigenvalue weighted by molar-refractivity contribution is -0.254. The molecule has 36 heavy (non-hydrogen) atoms. The molecule has 12 nitrogen and oxygen atoms in total. The van der Waals surface area contributed by atoms with E-state index in [1.165, 1.54) is 37.4 Å². The minimum Gasteiger partial charge on any atom is -0.463 e. The van der Waals surface area contributed by atoms with E-state index in [1.807, 2.05) is 0 Å². The van der Waals surface area contributed by atoms with Gasteiger partial charge in [0.25, 0.3) is 0 Å². The third-order valence-corrected chi connectivity index (χ3v) is 4.72. The molecule has 1 aliphatic heterocycles. The lowest BCUT2D eigenvalue weighted by Crippen LogP contribution is -2.66. The number of nitrogens with one attached hydrogen (secondary N) is 2. The number of ether oxygens (including phenoxy) is 5. The zero-order valence-corrected chi connectivity index (χ0v) is 20.7. The van der Waals surface area contributed by atoms with Gasteiger partial charge in [0.1, 0.15) is 18.5 Å². The predicted octanol–water partition coefficient (Wildman–Crippen LogP) is 0.707. The van der Waals surface area contributed by atoms with Gasteiger partial charge in [0, 0.05) is 27.7 Å². The van der Waals surface area contributed by atoms with Gasteiger partial charge in [0.05, 0.1) is 6.21 Å². The fraction of sp³-hybridized carbons (Fsp3) is 0.455. The van der Waals surface area contributed by atoms with Gasteiger partial charge in [-0.2, -0.15) is 5.10 Å². The Morgan fingerprint density at radius 2 is 1.50 bits per heavy atom. The first-order chi connectivity index (χ1) is 17.0. The Morgan fingerprint density at radius 3 is 2.06 bits per heavy atom. The molecule has 1 fully saturated rings. The number of hydrogen-bond acceptors (Lipinski definition) is 11. The van der Waals surface area contributed by atoms with Crippen LogP contribution in [0.25, 0.3) is 0 Å². The number of nitrogens with zero attached hydrogens (tertiary/aromatic N) is 1. The standard InChI is InChI=1S/C22H26FN3O9S/c1-11(27)31-10-17-18(32-12(2)28)19(33-13(3)29)20(34-14(4)30)21(35-17)25-22(36)26-24-9-15-5-7-16(23)8-6-15/h5-9,17-21H,10H2,1-4H3,(H2,25,26,36)/b24-9+/t17-,18+,19+,20-,21-/m1/s1. The summed E-state index contributed by atoms with van der Waals surface area (Å²) in [4.78, 5) is 46.8. The third kappa shape index (κ3) is 9.19. The van der Waals surface area contributed by atoms with E-state index in [9.17, 15) is 23.6 Å². The van der Waals surface area contributed by atoms with E-state index >= 15 is 0 Å². The van der Waals surface area contributed by atoms with E-state index in [0.29, 0.717) is 5.56 Å². The van der Waals surface area contributed by atoms with Gasteiger partial charge in [-0.3, -0.25) is 24.6 Å². The fourth-order valence-electron chi connectivity index (χ4n) is 3.22. The van der Waals surface area contributed by atoms with Crippen molar-refractivity contribution in [3.05, 3.63) is 35.6 Å². The molecule has 0 spiro atoms. The topological polar surface area (TPSA) is 151 Å². The minimum atomic E-state index is -1.34. The number of carbonyl (C=O) groups is 4. The van der Waals surface area contributed by atoms with Crippen LogP contribution in [0, 0.1) is 5.82 Å². The maximum atomic E-state index is 13.0. The number of hydrogen-bond donors (Lipinski definition) is 2. The molecule has 1 aromatic rings. The Kier molecular flexibility index (Phi) is 10.7. The molecule has 14 heteroatoms. The molecular formula is C22H26FN3O9S. The second-order valence-corrected chi connectivity index (χ2v) is 7.92. The highest BCUT2D eigenvalue weighted by Crippen LogP contribution is 2.28. The molecule has 0 bridgehead atoms. The SMILES string of the molecule is CC(=O)OC[C@H]1O[C@@H](NC(=S)N/N=C/c2ccc(F)cc2)[C@H](OC(C)=O)[C@@H](OC(C)=O)[C@H]1OC(C)=O. The molecule has 2 N–H and O–H groups in total. The van der Waals surface area contributed by atoms with Crippen LogP contribution >= 0.6 is 12.2 Å². The Balaban J connectivity index is 2.27. The maximum Gasteiger partial charge on any atom is 0.303 e. The Hall–Kier alpha value is -3.65. The highest BCUT2D eigenvalue weighted by atomic mass is 32.1. The largest absolute Gasteiger partial charge is 0.463 e. The highest BCUT2D eigenvalue weighted by molar-refractivity contribution is 7.80. The average Bonchev–Trinajstić information content (AvgIpc) is 2.77. The number of benzene rings is 1. The summed E-state index contributed by atoms with van der Waals surface area (Å²) in [5, 5.41) is 6.59. The summed E-state index contributed by atoms with van der Waals surface area (Å²) >= 11 is 5.21. The summed E-state index contributed by atoms with van der Waals surface area (Å²) in [5.74, 6) is -3.29. The quantitative estimate of drug-likeness (QED) is 0.161. The van der Waals surface area contributed by atoms with Crippen molar-refractivity contribution < 1.29 is 47.3 Å². The van der Waals surface area contributed by atoms with Crippen LogP contribution in [-0.4, -0.2) is 72.5 Å². The van der Waals surface area contributed by atoms with Gasteiger partial charge in [-0.1, -0.05) is 12.1 Å². The van der Waals surface area contributed by atoms with Crippen molar-refractivity contribution in [3.8, 4) is 0 Å². The van der Waals surface area contributed by atoms with Crippen LogP contribution in [0.2, 0.25) is 0 Å². The van der Waals surface area contributed by atoms with E-state index in [1.54, 1.807) is 0 Å². The molecule has 0 aliphatic carbocycles. The predicted molar refractivity (Wildman–Crippen MR) is 125 cm³/mol. The van der Waals surface area contributed by atoms with Crippen molar-refractivity contribution in [1.82, 2.24) is 10.7 Å².